The lowest BCUT2D eigenvalue weighted by Gasteiger charge is -2.28. The second-order valence-electron chi connectivity index (χ2n) is 14.0. The molecule has 5 aromatic carbocycles. The predicted octanol–water partition coefficient (Wildman–Crippen LogP) is 7.87. The van der Waals surface area contributed by atoms with Crippen LogP contribution in [-0.4, -0.2) is 51.4 Å². The van der Waals surface area contributed by atoms with Crippen LogP contribution < -0.4 is 30.2 Å². The number of alkyl carbamates (subject to hydrolysis) is 1. The molecule has 0 saturated carbocycles. The van der Waals surface area contributed by atoms with Gasteiger partial charge in [0.2, 0.25) is 5.91 Å². The molecule has 0 radical (unpaired) electrons. The number of aryl methyl sites for hydroxylation is 1. The molecule has 0 saturated heterocycles. The van der Waals surface area contributed by atoms with E-state index in [0.29, 0.717) is 41.3 Å². The molecule has 0 aromatic heterocycles. The lowest BCUT2D eigenvalue weighted by atomic mass is 9.94. The number of fused-ring (bicyclic) bond motifs is 3. The monoisotopic (exact) mass is 755 g/mol. The van der Waals surface area contributed by atoms with Gasteiger partial charge in [-0.3, -0.25) is 9.59 Å². The van der Waals surface area contributed by atoms with Crippen molar-refractivity contribution in [2.45, 2.75) is 51.7 Å². The Bertz CT molecular complexity index is 2090. The number of hydrogen-bond acceptors (Lipinski definition) is 7. The molecule has 1 unspecified atom stereocenters. The Morgan fingerprint density at radius 3 is 2.02 bits per heavy atom. The Morgan fingerprint density at radius 2 is 1.39 bits per heavy atom. The molecule has 56 heavy (non-hydrogen) atoms. The minimum atomic E-state index is -0.907. The van der Waals surface area contributed by atoms with Crippen molar-refractivity contribution in [3.05, 3.63) is 149 Å². The molecule has 3 amide bonds. The van der Waals surface area contributed by atoms with Crippen LogP contribution in [0, 0.1) is 12.8 Å². The fourth-order valence-corrected chi connectivity index (χ4v) is 6.97. The fraction of sp³-hybridized carbons (Fsp3) is 0.283. The summed E-state index contributed by atoms with van der Waals surface area (Å²) in [5.74, 6) is 0.605. The summed E-state index contributed by atoms with van der Waals surface area (Å²) in [5.41, 5.74) is 7.98. The Kier molecular flexibility index (Phi) is 12.9. The number of amides is 3. The molecule has 0 spiro atoms. The van der Waals surface area contributed by atoms with Crippen LogP contribution >= 0.6 is 0 Å². The van der Waals surface area contributed by atoms with Crippen LogP contribution in [0.4, 0.5) is 4.79 Å². The summed E-state index contributed by atoms with van der Waals surface area (Å²) < 4.78 is 22.9. The van der Waals surface area contributed by atoms with Crippen LogP contribution in [0.15, 0.2) is 115 Å². The van der Waals surface area contributed by atoms with E-state index in [0.717, 1.165) is 33.4 Å². The number of hydrogen-bond donors (Lipinski definition) is 3. The number of benzene rings is 5. The first-order valence-electron chi connectivity index (χ1n) is 18.9. The topological polar surface area (TPSA) is 124 Å². The molecule has 0 bridgehead atoms. The molecular formula is C46H49N3O7. The molecule has 10 heteroatoms. The molecule has 0 heterocycles. The van der Waals surface area contributed by atoms with Crippen molar-refractivity contribution in [2.75, 3.05) is 27.4 Å². The van der Waals surface area contributed by atoms with Gasteiger partial charge in [0.1, 0.15) is 29.9 Å². The Balaban J connectivity index is 1.16. The molecule has 3 N–H and O–H groups in total. The van der Waals surface area contributed by atoms with Crippen LogP contribution in [0.3, 0.4) is 0 Å². The number of carbonyl (C=O) groups excluding carboxylic acids is 3. The van der Waals surface area contributed by atoms with Crippen molar-refractivity contribution in [3.8, 4) is 28.4 Å². The van der Waals surface area contributed by atoms with Gasteiger partial charge in [0.25, 0.3) is 5.91 Å². The maximum Gasteiger partial charge on any atom is 0.407 e. The van der Waals surface area contributed by atoms with Gasteiger partial charge in [-0.05, 0) is 76.6 Å². The van der Waals surface area contributed by atoms with Crippen molar-refractivity contribution in [2.24, 2.45) is 5.92 Å². The Labute approximate surface area is 328 Å². The third-order valence-corrected chi connectivity index (χ3v) is 10.3. The maximum atomic E-state index is 14.3. The van der Waals surface area contributed by atoms with E-state index >= 15 is 0 Å². The van der Waals surface area contributed by atoms with Gasteiger partial charge in [0.15, 0.2) is 6.61 Å². The molecule has 0 aliphatic heterocycles. The van der Waals surface area contributed by atoms with E-state index in [4.69, 9.17) is 18.9 Å². The van der Waals surface area contributed by atoms with Gasteiger partial charge in [-0.15, -0.1) is 0 Å². The van der Waals surface area contributed by atoms with Crippen LogP contribution in [0.1, 0.15) is 65.6 Å². The molecule has 1 aliphatic rings. The van der Waals surface area contributed by atoms with Crippen molar-refractivity contribution in [3.63, 3.8) is 0 Å². The highest BCUT2D eigenvalue weighted by Crippen LogP contribution is 2.44. The van der Waals surface area contributed by atoms with E-state index in [1.807, 2.05) is 87.5 Å². The summed E-state index contributed by atoms with van der Waals surface area (Å²) in [6.07, 6.45) is -0.0493. The molecule has 290 valence electrons. The molecule has 5 aromatic rings. The summed E-state index contributed by atoms with van der Waals surface area (Å²) in [7, 11) is 3.13. The summed E-state index contributed by atoms with van der Waals surface area (Å²) in [6, 6.07) is 35.1. The van der Waals surface area contributed by atoms with E-state index in [2.05, 4.69) is 40.2 Å². The standard InChI is InChI=1S/C46H49N3O7/c1-6-30(3)43(49-46(52)56-27-40-37-13-9-7-11-35(37)36-12-8-10-14-38(36)40)45(51)48-44(39-25-34(53-4)23-24-41(39)54-5)32-19-21-33(22-20-32)55-28-42(50)47-26-31-17-15-29(2)16-18-31/h7-25,30,40,43-44H,6,26-28H2,1-5H3,(H,47,50)(H,48,51)(H,49,52)/t30-,43-,44?/m0/s1. The molecular weight excluding hydrogens is 707 g/mol. The van der Waals surface area contributed by atoms with Crippen LogP contribution in [-0.2, 0) is 20.9 Å². The van der Waals surface area contributed by atoms with E-state index in [1.165, 1.54) is 0 Å². The summed E-state index contributed by atoms with van der Waals surface area (Å²) in [5, 5.41) is 8.92. The highest BCUT2D eigenvalue weighted by Gasteiger charge is 2.32. The average Bonchev–Trinajstić information content (AvgIpc) is 3.56. The van der Waals surface area contributed by atoms with Crippen LogP contribution in [0.5, 0.6) is 17.2 Å². The number of nitrogens with one attached hydrogen (secondary N) is 3. The molecule has 3 atom stereocenters. The van der Waals surface area contributed by atoms with Gasteiger partial charge < -0.3 is 34.9 Å². The van der Waals surface area contributed by atoms with Gasteiger partial charge in [0, 0.05) is 18.0 Å². The first-order valence-corrected chi connectivity index (χ1v) is 18.9. The van der Waals surface area contributed by atoms with Crippen LogP contribution in [0.2, 0.25) is 0 Å². The first-order chi connectivity index (χ1) is 27.2. The zero-order chi connectivity index (χ0) is 39.6. The van der Waals surface area contributed by atoms with Crippen molar-refractivity contribution in [1.82, 2.24) is 16.0 Å². The van der Waals surface area contributed by atoms with E-state index < -0.39 is 24.1 Å². The van der Waals surface area contributed by atoms with Gasteiger partial charge in [-0.25, -0.2) is 4.79 Å². The zero-order valence-electron chi connectivity index (χ0n) is 32.5. The van der Waals surface area contributed by atoms with Gasteiger partial charge in [-0.2, -0.15) is 0 Å². The number of ether oxygens (including phenoxy) is 4. The number of carbonyl (C=O) groups is 3. The summed E-state index contributed by atoms with van der Waals surface area (Å²) >= 11 is 0. The van der Waals surface area contributed by atoms with Crippen molar-refractivity contribution in [1.29, 1.82) is 0 Å². The van der Waals surface area contributed by atoms with E-state index in [1.54, 1.807) is 38.5 Å². The number of rotatable bonds is 16. The number of methoxy groups -OCH3 is 2. The maximum absolute atomic E-state index is 14.3. The molecule has 6 rings (SSSR count). The quantitative estimate of drug-likeness (QED) is 0.0937. The third kappa shape index (κ3) is 9.32. The predicted molar refractivity (Wildman–Crippen MR) is 216 cm³/mol. The largest absolute Gasteiger partial charge is 0.497 e. The van der Waals surface area contributed by atoms with Gasteiger partial charge >= 0.3 is 6.09 Å². The highest BCUT2D eigenvalue weighted by atomic mass is 16.5. The Morgan fingerprint density at radius 1 is 0.750 bits per heavy atom. The fourth-order valence-electron chi connectivity index (χ4n) is 6.97. The lowest BCUT2D eigenvalue weighted by Crippen LogP contribution is -2.51. The molecule has 1 aliphatic carbocycles. The molecule has 0 fully saturated rings. The van der Waals surface area contributed by atoms with Crippen molar-refractivity contribution < 1.29 is 33.3 Å². The van der Waals surface area contributed by atoms with Gasteiger partial charge in [-0.1, -0.05) is 111 Å². The highest BCUT2D eigenvalue weighted by molar-refractivity contribution is 5.87. The lowest BCUT2D eigenvalue weighted by molar-refractivity contribution is -0.125. The second-order valence-corrected chi connectivity index (χ2v) is 14.0. The van der Waals surface area contributed by atoms with Gasteiger partial charge in [0.05, 0.1) is 20.3 Å². The summed E-state index contributed by atoms with van der Waals surface area (Å²) in [6.45, 7) is 6.27. The Hall–Kier alpha value is -6.29. The van der Waals surface area contributed by atoms with E-state index in [-0.39, 0.29) is 31.0 Å². The van der Waals surface area contributed by atoms with Crippen molar-refractivity contribution >= 4 is 17.9 Å². The van der Waals surface area contributed by atoms with E-state index in [9.17, 15) is 14.4 Å². The minimum absolute atomic E-state index is 0.117. The normalized spacial score (nSPS) is 13.3. The SMILES string of the molecule is CC[C@H](C)[C@H](NC(=O)OCC1c2ccccc2-c2ccccc21)C(=O)NC(c1ccc(OCC(=O)NCc2ccc(C)cc2)cc1)c1cc(OC)ccc1OC. The zero-order valence-corrected chi connectivity index (χ0v) is 32.5. The average molecular weight is 756 g/mol. The summed E-state index contributed by atoms with van der Waals surface area (Å²) in [4.78, 5) is 40.3. The second kappa shape index (κ2) is 18.4. The first kappa shape index (κ1) is 39.4. The third-order valence-electron chi connectivity index (χ3n) is 10.3. The smallest absolute Gasteiger partial charge is 0.407 e. The van der Waals surface area contributed by atoms with Crippen LogP contribution in [0.25, 0.3) is 11.1 Å². The molecule has 10 nitrogen and oxygen atoms in total. The minimum Gasteiger partial charge on any atom is -0.497 e.